The number of nitrogens with zero attached hydrogens (tertiary/aromatic N) is 1. The average molecular weight is 281 g/mol. The van der Waals surface area contributed by atoms with E-state index in [0.29, 0.717) is 0 Å². The number of rotatable bonds is 6. The number of hydrogen-bond donors (Lipinski definition) is 1. The Morgan fingerprint density at radius 3 is 2.84 bits per heavy atom. The molecule has 1 aromatic rings. The van der Waals surface area contributed by atoms with Gasteiger partial charge in [-0.25, -0.2) is 0 Å². The number of piperidine rings is 1. The summed E-state index contributed by atoms with van der Waals surface area (Å²) in [4.78, 5) is 2.57. The lowest BCUT2D eigenvalue weighted by Gasteiger charge is -2.33. The van der Waals surface area contributed by atoms with Crippen LogP contribution in [0.25, 0.3) is 0 Å². The molecule has 2 rings (SSSR count). The minimum absolute atomic E-state index is 0.813. The van der Waals surface area contributed by atoms with Crippen molar-refractivity contribution in [2.75, 3.05) is 26.2 Å². The summed E-state index contributed by atoms with van der Waals surface area (Å²) >= 11 is 5.93. The Labute approximate surface area is 122 Å². The van der Waals surface area contributed by atoms with Gasteiger partial charge < -0.3 is 5.32 Å². The number of hydrogen-bond acceptors (Lipinski definition) is 2. The lowest BCUT2D eigenvalue weighted by Crippen LogP contribution is -2.39. The van der Waals surface area contributed by atoms with Crippen molar-refractivity contribution in [3.8, 4) is 0 Å². The van der Waals surface area contributed by atoms with Crippen molar-refractivity contribution in [3.63, 3.8) is 0 Å². The van der Waals surface area contributed by atoms with Crippen LogP contribution in [0.2, 0.25) is 5.02 Å². The first kappa shape index (κ1) is 14.8. The van der Waals surface area contributed by atoms with Crippen molar-refractivity contribution < 1.29 is 0 Å². The molecule has 0 radical (unpaired) electrons. The maximum Gasteiger partial charge on any atom is 0.0406 e. The highest BCUT2D eigenvalue weighted by atomic mass is 35.5. The Balaban J connectivity index is 1.78. The van der Waals surface area contributed by atoms with Crippen LogP contribution in [0, 0.1) is 5.92 Å². The molecular formula is C16H25ClN2. The quantitative estimate of drug-likeness (QED) is 0.802. The van der Waals surface area contributed by atoms with Crippen LogP contribution < -0.4 is 5.32 Å². The molecule has 0 aromatic heterocycles. The fraction of sp³-hybridized carbons (Fsp3) is 0.625. The molecule has 106 valence electrons. The molecule has 1 atom stereocenters. The van der Waals surface area contributed by atoms with Gasteiger partial charge in [0.1, 0.15) is 0 Å². The molecule has 1 heterocycles. The van der Waals surface area contributed by atoms with E-state index < -0.39 is 0 Å². The van der Waals surface area contributed by atoms with Crippen LogP contribution in [0.15, 0.2) is 24.3 Å². The highest BCUT2D eigenvalue weighted by molar-refractivity contribution is 6.30. The molecule has 0 saturated carbocycles. The summed E-state index contributed by atoms with van der Waals surface area (Å²) in [7, 11) is 0. The van der Waals surface area contributed by atoms with Gasteiger partial charge in [-0.3, -0.25) is 4.90 Å². The van der Waals surface area contributed by atoms with Gasteiger partial charge >= 0.3 is 0 Å². The Morgan fingerprint density at radius 1 is 1.32 bits per heavy atom. The third kappa shape index (κ3) is 5.13. The second kappa shape index (κ2) is 7.88. The van der Waals surface area contributed by atoms with Crippen LogP contribution in [-0.4, -0.2) is 31.1 Å². The monoisotopic (exact) mass is 280 g/mol. The lowest BCUT2D eigenvalue weighted by molar-refractivity contribution is 0.165. The summed E-state index contributed by atoms with van der Waals surface area (Å²) in [6, 6.07) is 8.25. The summed E-state index contributed by atoms with van der Waals surface area (Å²) in [5, 5.41) is 4.38. The maximum atomic E-state index is 5.93. The largest absolute Gasteiger partial charge is 0.316 e. The predicted molar refractivity (Wildman–Crippen MR) is 82.6 cm³/mol. The molecule has 19 heavy (non-hydrogen) atoms. The smallest absolute Gasteiger partial charge is 0.0406 e. The zero-order valence-electron chi connectivity index (χ0n) is 11.9. The predicted octanol–water partition coefficient (Wildman–Crippen LogP) is 3.55. The van der Waals surface area contributed by atoms with Crippen molar-refractivity contribution in [1.82, 2.24) is 10.2 Å². The van der Waals surface area contributed by atoms with Crippen LogP contribution in [0.1, 0.15) is 31.7 Å². The Hall–Kier alpha value is -0.570. The first-order chi connectivity index (χ1) is 9.28. The van der Waals surface area contributed by atoms with Gasteiger partial charge in [-0.05, 0) is 62.5 Å². The Bertz CT molecular complexity index is 364. The van der Waals surface area contributed by atoms with E-state index in [1.54, 1.807) is 0 Å². The number of halogens is 1. The summed E-state index contributed by atoms with van der Waals surface area (Å²) in [6.07, 6.45) is 3.92. The first-order valence-corrected chi connectivity index (χ1v) is 7.83. The maximum absolute atomic E-state index is 5.93. The highest BCUT2D eigenvalue weighted by Gasteiger charge is 2.19. The normalized spacial score (nSPS) is 20.6. The van der Waals surface area contributed by atoms with E-state index in [4.69, 9.17) is 11.6 Å². The molecule has 1 unspecified atom stereocenters. The Kier molecular flexibility index (Phi) is 6.15. The molecule has 2 nitrogen and oxygen atoms in total. The van der Waals surface area contributed by atoms with E-state index in [1.807, 2.05) is 12.1 Å². The molecule has 0 spiro atoms. The van der Waals surface area contributed by atoms with Crippen molar-refractivity contribution in [3.05, 3.63) is 34.9 Å². The highest BCUT2D eigenvalue weighted by Crippen LogP contribution is 2.19. The summed E-state index contributed by atoms with van der Waals surface area (Å²) in [5.41, 5.74) is 1.37. The summed E-state index contributed by atoms with van der Waals surface area (Å²) in [5.74, 6) is 0.813. The van der Waals surface area contributed by atoms with Gasteiger partial charge in [0.05, 0.1) is 0 Å². The SMILES string of the molecule is CCCNCC1CCCN(Cc2ccc(Cl)cc2)C1. The third-order valence-electron chi connectivity index (χ3n) is 3.78. The third-order valence-corrected chi connectivity index (χ3v) is 4.03. The Morgan fingerprint density at radius 2 is 2.11 bits per heavy atom. The van der Waals surface area contributed by atoms with E-state index in [1.165, 1.54) is 44.5 Å². The number of nitrogens with one attached hydrogen (secondary N) is 1. The number of benzene rings is 1. The van der Waals surface area contributed by atoms with E-state index in [0.717, 1.165) is 24.0 Å². The molecule has 1 fully saturated rings. The molecular weight excluding hydrogens is 256 g/mol. The second-order valence-corrected chi connectivity index (χ2v) is 6.01. The second-order valence-electron chi connectivity index (χ2n) is 5.57. The van der Waals surface area contributed by atoms with E-state index in [2.05, 4.69) is 29.3 Å². The van der Waals surface area contributed by atoms with Gasteiger partial charge in [0.2, 0.25) is 0 Å². The van der Waals surface area contributed by atoms with Gasteiger partial charge in [-0.15, -0.1) is 0 Å². The summed E-state index contributed by atoms with van der Waals surface area (Å²) < 4.78 is 0. The zero-order chi connectivity index (χ0) is 13.5. The van der Waals surface area contributed by atoms with Crippen LogP contribution in [-0.2, 0) is 6.54 Å². The van der Waals surface area contributed by atoms with Crippen LogP contribution in [0.4, 0.5) is 0 Å². The van der Waals surface area contributed by atoms with Gasteiger partial charge in [-0.2, -0.15) is 0 Å². The molecule has 1 aliphatic rings. The van der Waals surface area contributed by atoms with Gasteiger partial charge in [0.15, 0.2) is 0 Å². The lowest BCUT2D eigenvalue weighted by atomic mass is 9.97. The first-order valence-electron chi connectivity index (χ1n) is 7.45. The van der Waals surface area contributed by atoms with E-state index >= 15 is 0 Å². The van der Waals surface area contributed by atoms with Crippen LogP contribution in [0.5, 0.6) is 0 Å². The molecule has 1 aliphatic heterocycles. The van der Waals surface area contributed by atoms with Crippen molar-refractivity contribution in [2.24, 2.45) is 5.92 Å². The summed E-state index contributed by atoms with van der Waals surface area (Å²) in [6.45, 7) is 8.05. The topological polar surface area (TPSA) is 15.3 Å². The average Bonchev–Trinajstić information content (AvgIpc) is 2.42. The molecule has 0 bridgehead atoms. The van der Waals surface area contributed by atoms with Gasteiger partial charge in [0, 0.05) is 18.1 Å². The molecule has 3 heteroatoms. The van der Waals surface area contributed by atoms with Crippen molar-refractivity contribution >= 4 is 11.6 Å². The fourth-order valence-electron chi connectivity index (χ4n) is 2.79. The van der Waals surface area contributed by atoms with Crippen molar-refractivity contribution in [1.29, 1.82) is 0 Å². The van der Waals surface area contributed by atoms with E-state index in [-0.39, 0.29) is 0 Å². The zero-order valence-corrected chi connectivity index (χ0v) is 12.6. The van der Waals surface area contributed by atoms with Crippen LogP contribution in [0.3, 0.4) is 0 Å². The molecule has 0 aliphatic carbocycles. The van der Waals surface area contributed by atoms with Crippen LogP contribution >= 0.6 is 11.6 Å². The number of likely N-dealkylation sites (tertiary alicyclic amines) is 1. The molecule has 1 N–H and O–H groups in total. The van der Waals surface area contributed by atoms with E-state index in [9.17, 15) is 0 Å². The fourth-order valence-corrected chi connectivity index (χ4v) is 2.92. The van der Waals surface area contributed by atoms with Crippen molar-refractivity contribution in [2.45, 2.75) is 32.7 Å². The molecule has 1 saturated heterocycles. The van der Waals surface area contributed by atoms with Gasteiger partial charge in [0.25, 0.3) is 0 Å². The van der Waals surface area contributed by atoms with Gasteiger partial charge in [-0.1, -0.05) is 30.7 Å². The molecule has 0 amide bonds. The minimum Gasteiger partial charge on any atom is -0.316 e. The minimum atomic E-state index is 0.813. The molecule has 1 aromatic carbocycles. The standard InChI is InChI=1S/C16H25ClN2/c1-2-9-18-11-15-4-3-10-19(13-15)12-14-5-7-16(17)8-6-14/h5-8,15,18H,2-4,9-13H2,1H3.